The lowest BCUT2D eigenvalue weighted by Crippen LogP contribution is -2.25. The monoisotopic (exact) mass is 389 g/mol. The molecule has 4 rings (SSSR count). The third-order valence-electron chi connectivity index (χ3n) is 5.93. The van der Waals surface area contributed by atoms with Gasteiger partial charge in [0.15, 0.2) is 11.6 Å². The number of pyridine rings is 1. The molecule has 1 unspecified atom stereocenters. The van der Waals surface area contributed by atoms with Crippen molar-refractivity contribution >= 4 is 28.2 Å². The van der Waals surface area contributed by atoms with Gasteiger partial charge in [-0.2, -0.15) is 0 Å². The lowest BCUT2D eigenvalue weighted by atomic mass is 10.1. The van der Waals surface area contributed by atoms with Gasteiger partial charge in [-0.3, -0.25) is 4.79 Å². The summed E-state index contributed by atoms with van der Waals surface area (Å²) in [5.41, 5.74) is 5.22. The third-order valence-corrected chi connectivity index (χ3v) is 5.93. The second-order valence-electron chi connectivity index (χ2n) is 7.66. The average Bonchev–Trinajstić information content (AvgIpc) is 3.41. The molecule has 8 heteroatoms. The molecule has 2 heterocycles. The van der Waals surface area contributed by atoms with E-state index < -0.39 is 22.8 Å². The topological polar surface area (TPSA) is 97.8 Å². The maximum atomic E-state index is 15.4. The zero-order valence-electron chi connectivity index (χ0n) is 16.0. The molecule has 2 aromatic rings. The largest absolute Gasteiger partial charge is 0.492 e. The number of nitrogen functional groups attached to an aromatic ring is 1. The van der Waals surface area contributed by atoms with Crippen LogP contribution in [0.2, 0.25) is 0 Å². The van der Waals surface area contributed by atoms with Gasteiger partial charge in [0.1, 0.15) is 11.3 Å². The number of rotatable bonds is 5. The van der Waals surface area contributed by atoms with Crippen LogP contribution in [-0.4, -0.2) is 35.8 Å². The van der Waals surface area contributed by atoms with E-state index in [1.165, 1.54) is 13.3 Å². The van der Waals surface area contributed by atoms with Crippen LogP contribution < -0.4 is 20.8 Å². The Balaban J connectivity index is 2.07. The van der Waals surface area contributed by atoms with E-state index in [4.69, 9.17) is 10.5 Å². The zero-order valence-corrected chi connectivity index (χ0v) is 16.0. The number of benzene rings is 1. The van der Waals surface area contributed by atoms with E-state index in [0.717, 1.165) is 25.7 Å². The van der Waals surface area contributed by atoms with Crippen molar-refractivity contribution in [1.29, 1.82) is 0 Å². The predicted octanol–water partition coefficient (Wildman–Crippen LogP) is 3.00. The SMILES string of the molecule is CCC1CCN(c2c(F)c(N)c3c(=O)c(C(=O)O)cn(C4CC4)c3c2OC)C1. The van der Waals surface area contributed by atoms with Gasteiger partial charge in [0, 0.05) is 25.3 Å². The van der Waals surface area contributed by atoms with Gasteiger partial charge in [-0.25, -0.2) is 9.18 Å². The predicted molar refractivity (Wildman–Crippen MR) is 105 cm³/mol. The van der Waals surface area contributed by atoms with Crippen LogP contribution in [0.5, 0.6) is 5.75 Å². The molecule has 1 aromatic carbocycles. The average molecular weight is 389 g/mol. The highest BCUT2D eigenvalue weighted by Crippen LogP contribution is 2.46. The molecule has 0 spiro atoms. The molecule has 7 nitrogen and oxygen atoms in total. The molecule has 1 saturated heterocycles. The van der Waals surface area contributed by atoms with Crippen molar-refractivity contribution in [2.75, 3.05) is 30.8 Å². The van der Waals surface area contributed by atoms with Crippen LogP contribution in [0.4, 0.5) is 15.8 Å². The number of carbonyl (C=O) groups is 1. The van der Waals surface area contributed by atoms with Crippen LogP contribution >= 0.6 is 0 Å². The number of hydrogen-bond donors (Lipinski definition) is 2. The number of aromatic nitrogens is 1. The maximum Gasteiger partial charge on any atom is 0.341 e. The van der Waals surface area contributed by atoms with E-state index in [9.17, 15) is 14.7 Å². The minimum atomic E-state index is -1.35. The highest BCUT2D eigenvalue weighted by molar-refractivity contribution is 6.03. The van der Waals surface area contributed by atoms with Crippen molar-refractivity contribution in [2.24, 2.45) is 5.92 Å². The number of nitrogens with zero attached hydrogens (tertiary/aromatic N) is 2. The van der Waals surface area contributed by atoms with Crippen LogP contribution in [0.3, 0.4) is 0 Å². The number of hydrogen-bond acceptors (Lipinski definition) is 5. The Hall–Kier alpha value is -2.77. The van der Waals surface area contributed by atoms with E-state index in [1.807, 2.05) is 4.90 Å². The second kappa shape index (κ2) is 6.68. The van der Waals surface area contributed by atoms with Gasteiger partial charge in [0.25, 0.3) is 0 Å². The van der Waals surface area contributed by atoms with E-state index in [0.29, 0.717) is 24.5 Å². The van der Waals surface area contributed by atoms with Gasteiger partial charge in [-0.15, -0.1) is 0 Å². The highest BCUT2D eigenvalue weighted by atomic mass is 19.1. The zero-order chi connectivity index (χ0) is 20.2. The minimum absolute atomic E-state index is 0.0507. The van der Waals surface area contributed by atoms with Crippen LogP contribution in [-0.2, 0) is 0 Å². The lowest BCUT2D eigenvalue weighted by Gasteiger charge is -2.25. The quantitative estimate of drug-likeness (QED) is 0.763. The van der Waals surface area contributed by atoms with Crippen LogP contribution in [0, 0.1) is 11.7 Å². The Bertz CT molecular complexity index is 1030. The van der Waals surface area contributed by atoms with E-state index in [1.54, 1.807) is 4.57 Å². The standard InChI is InChI=1S/C20H24FN3O4/c1-3-10-6-7-23(8-10)17-14(21)15(22)13-16(19(17)28-2)24(11-4-5-11)9-12(18(13)25)20(26)27/h9-11H,3-8,22H2,1-2H3,(H,26,27). The van der Waals surface area contributed by atoms with Crippen molar-refractivity contribution in [2.45, 2.75) is 38.6 Å². The molecule has 1 aromatic heterocycles. The van der Waals surface area contributed by atoms with Gasteiger partial charge in [-0.05, 0) is 25.2 Å². The molecule has 0 radical (unpaired) electrons. The first-order valence-electron chi connectivity index (χ1n) is 9.60. The normalized spacial score (nSPS) is 19.4. The van der Waals surface area contributed by atoms with Crippen molar-refractivity contribution in [3.63, 3.8) is 0 Å². The molecule has 2 fully saturated rings. The fourth-order valence-corrected chi connectivity index (χ4v) is 4.20. The van der Waals surface area contributed by atoms with Gasteiger partial charge < -0.3 is 25.0 Å². The highest BCUT2D eigenvalue weighted by Gasteiger charge is 2.34. The number of halogens is 1. The summed E-state index contributed by atoms with van der Waals surface area (Å²) >= 11 is 0. The molecule has 28 heavy (non-hydrogen) atoms. The van der Waals surface area contributed by atoms with E-state index in [2.05, 4.69) is 6.92 Å². The summed E-state index contributed by atoms with van der Waals surface area (Å²) in [6, 6.07) is 0.0507. The van der Waals surface area contributed by atoms with Gasteiger partial charge in [0.05, 0.1) is 23.7 Å². The van der Waals surface area contributed by atoms with Crippen LogP contribution in [0.25, 0.3) is 10.9 Å². The number of carboxylic acid groups (broad SMARTS) is 1. The number of ether oxygens (including phenoxy) is 1. The maximum absolute atomic E-state index is 15.4. The number of nitrogens with two attached hydrogens (primary N) is 1. The number of aromatic carboxylic acids is 1. The Morgan fingerprint density at radius 2 is 2.11 bits per heavy atom. The first-order valence-corrected chi connectivity index (χ1v) is 9.60. The lowest BCUT2D eigenvalue weighted by molar-refractivity contribution is 0.0695. The molecule has 1 atom stereocenters. The molecule has 1 aliphatic heterocycles. The van der Waals surface area contributed by atoms with E-state index >= 15 is 4.39 Å². The molecular formula is C20H24FN3O4. The number of methoxy groups -OCH3 is 1. The second-order valence-corrected chi connectivity index (χ2v) is 7.66. The third kappa shape index (κ3) is 2.70. The molecule has 0 bridgehead atoms. The molecule has 2 aliphatic rings. The van der Waals surface area contributed by atoms with Crippen LogP contribution in [0.15, 0.2) is 11.0 Å². The van der Waals surface area contributed by atoms with Gasteiger partial charge in [-0.1, -0.05) is 13.3 Å². The summed E-state index contributed by atoms with van der Waals surface area (Å²) in [6.07, 6.45) is 5.00. The van der Waals surface area contributed by atoms with E-state index in [-0.39, 0.29) is 28.6 Å². The molecule has 0 amide bonds. The summed E-state index contributed by atoms with van der Waals surface area (Å²) in [5, 5.41) is 9.32. The molecular weight excluding hydrogens is 365 g/mol. The molecule has 150 valence electrons. The number of carboxylic acids is 1. The summed E-state index contributed by atoms with van der Waals surface area (Å²) in [4.78, 5) is 26.3. The Morgan fingerprint density at radius 3 is 2.64 bits per heavy atom. The Morgan fingerprint density at radius 1 is 1.39 bits per heavy atom. The smallest absolute Gasteiger partial charge is 0.341 e. The van der Waals surface area contributed by atoms with Crippen molar-refractivity contribution in [1.82, 2.24) is 4.57 Å². The molecule has 3 N–H and O–H groups in total. The summed E-state index contributed by atoms with van der Waals surface area (Å²) in [5.74, 6) is -1.36. The van der Waals surface area contributed by atoms with Gasteiger partial charge >= 0.3 is 5.97 Å². The summed E-state index contributed by atoms with van der Waals surface area (Å²) in [7, 11) is 1.44. The molecule has 1 saturated carbocycles. The number of anilines is 2. The van der Waals surface area contributed by atoms with Crippen LogP contribution in [0.1, 0.15) is 49.0 Å². The first kappa shape index (κ1) is 18.6. The van der Waals surface area contributed by atoms with Gasteiger partial charge in [0.2, 0.25) is 5.43 Å². The Kier molecular flexibility index (Phi) is 4.44. The molecule has 1 aliphatic carbocycles. The van der Waals surface area contributed by atoms with Crippen molar-refractivity contribution in [3.8, 4) is 5.75 Å². The fraction of sp³-hybridized carbons (Fsp3) is 0.500. The minimum Gasteiger partial charge on any atom is -0.492 e. The van der Waals surface area contributed by atoms with Crippen molar-refractivity contribution < 1.29 is 19.0 Å². The summed E-state index contributed by atoms with van der Waals surface area (Å²) in [6.45, 7) is 3.47. The summed E-state index contributed by atoms with van der Waals surface area (Å²) < 4.78 is 22.7. The number of fused-ring (bicyclic) bond motifs is 1. The first-order chi connectivity index (χ1) is 13.4. The fourth-order valence-electron chi connectivity index (χ4n) is 4.20. The van der Waals surface area contributed by atoms with Crippen molar-refractivity contribution in [3.05, 3.63) is 27.8 Å². The Labute approximate surface area is 161 Å².